The Kier molecular flexibility index (Phi) is 2.12. The summed E-state index contributed by atoms with van der Waals surface area (Å²) in [6.07, 6.45) is 0. The first-order valence-corrected chi connectivity index (χ1v) is 5.01. The van der Waals surface area contributed by atoms with Crippen LogP contribution in [0.3, 0.4) is 0 Å². The van der Waals surface area contributed by atoms with E-state index < -0.39 is 0 Å². The molecule has 1 unspecified atom stereocenters. The predicted octanol–water partition coefficient (Wildman–Crippen LogP) is 2.55. The fraction of sp³-hybridized carbons (Fsp3) is 0.300. The minimum Gasteiger partial charge on any atom is -0.384 e. The van der Waals surface area contributed by atoms with E-state index in [4.69, 9.17) is 0 Å². The Bertz CT molecular complexity index is 362. The van der Waals surface area contributed by atoms with Crippen molar-refractivity contribution in [1.82, 2.24) is 0 Å². The van der Waals surface area contributed by atoms with Gasteiger partial charge in [0.05, 0.1) is 5.92 Å². The number of nitrogens with one attached hydrogen (secondary N) is 1. The highest BCUT2D eigenvalue weighted by Gasteiger charge is 2.25. The molecule has 0 aliphatic carbocycles. The van der Waals surface area contributed by atoms with E-state index in [1.165, 1.54) is 0 Å². The second kappa shape index (κ2) is 3.14. The molecule has 1 aromatic carbocycles. The van der Waals surface area contributed by atoms with Gasteiger partial charge >= 0.3 is 0 Å². The maximum atomic E-state index is 11.3. The molecule has 0 aromatic heterocycles. The second-order valence-electron chi connectivity index (χ2n) is 3.28. The zero-order valence-electron chi connectivity index (χ0n) is 7.30. The largest absolute Gasteiger partial charge is 0.384 e. The monoisotopic (exact) mass is 239 g/mol. The minimum absolute atomic E-state index is 0.0347. The summed E-state index contributed by atoms with van der Waals surface area (Å²) in [5, 5.41) is 3.22. The van der Waals surface area contributed by atoms with Crippen molar-refractivity contribution in [1.29, 1.82) is 0 Å². The highest BCUT2D eigenvalue weighted by Crippen LogP contribution is 2.33. The molecule has 2 nitrogen and oxygen atoms in total. The lowest BCUT2D eigenvalue weighted by molar-refractivity contribution is -0.118. The van der Waals surface area contributed by atoms with Gasteiger partial charge in [0.1, 0.15) is 5.78 Å². The average Bonchev–Trinajstić information content (AvgIpc) is 2.46. The zero-order chi connectivity index (χ0) is 9.42. The standard InChI is InChI=1S/C10H10BrNO/c1-6(13)9-5-12-10-3-2-7(11)4-8(9)10/h2-4,9,12H,5H2,1H3. The summed E-state index contributed by atoms with van der Waals surface area (Å²) >= 11 is 3.40. The number of Topliss-reactive ketones (excluding diaryl/α,β-unsaturated/α-hetero) is 1. The lowest BCUT2D eigenvalue weighted by atomic mass is 9.98. The van der Waals surface area contributed by atoms with Gasteiger partial charge in [-0.1, -0.05) is 15.9 Å². The molecule has 0 saturated carbocycles. The number of halogens is 1. The summed E-state index contributed by atoms with van der Waals surface area (Å²) < 4.78 is 1.03. The molecule has 13 heavy (non-hydrogen) atoms. The van der Waals surface area contributed by atoms with Gasteiger partial charge in [0.25, 0.3) is 0 Å². The normalized spacial score (nSPS) is 19.4. The number of ketones is 1. The Hall–Kier alpha value is -0.830. The van der Waals surface area contributed by atoms with Crippen LogP contribution in [0.2, 0.25) is 0 Å². The number of rotatable bonds is 1. The second-order valence-corrected chi connectivity index (χ2v) is 4.19. The molecule has 1 aliphatic rings. The van der Waals surface area contributed by atoms with Crippen LogP contribution in [0.5, 0.6) is 0 Å². The maximum Gasteiger partial charge on any atom is 0.139 e. The van der Waals surface area contributed by atoms with Gasteiger partial charge in [-0.05, 0) is 30.7 Å². The number of benzene rings is 1. The van der Waals surface area contributed by atoms with Crippen molar-refractivity contribution < 1.29 is 4.79 Å². The molecule has 0 bridgehead atoms. The lowest BCUT2D eigenvalue weighted by Crippen LogP contribution is -2.10. The molecule has 1 aliphatic heterocycles. The van der Waals surface area contributed by atoms with Gasteiger partial charge in [0.2, 0.25) is 0 Å². The minimum atomic E-state index is 0.0347. The highest BCUT2D eigenvalue weighted by molar-refractivity contribution is 9.10. The number of carbonyl (C=O) groups is 1. The molecule has 0 amide bonds. The first-order chi connectivity index (χ1) is 6.18. The molecular formula is C10H10BrNO. The number of hydrogen-bond acceptors (Lipinski definition) is 2. The molecule has 1 atom stereocenters. The van der Waals surface area contributed by atoms with Gasteiger partial charge in [0.15, 0.2) is 0 Å². The molecular weight excluding hydrogens is 230 g/mol. The summed E-state index contributed by atoms with van der Waals surface area (Å²) in [7, 11) is 0. The maximum absolute atomic E-state index is 11.3. The van der Waals surface area contributed by atoms with Gasteiger partial charge in [0, 0.05) is 16.7 Å². The van der Waals surface area contributed by atoms with E-state index >= 15 is 0 Å². The summed E-state index contributed by atoms with van der Waals surface area (Å²) in [6, 6.07) is 6.00. The third-order valence-electron chi connectivity index (χ3n) is 2.38. The van der Waals surface area contributed by atoms with Gasteiger partial charge < -0.3 is 5.32 Å². The van der Waals surface area contributed by atoms with Crippen LogP contribution in [-0.2, 0) is 4.79 Å². The molecule has 0 spiro atoms. The molecule has 68 valence electrons. The van der Waals surface area contributed by atoms with Crippen molar-refractivity contribution in [3.63, 3.8) is 0 Å². The first kappa shape index (κ1) is 8.75. The Balaban J connectivity index is 2.46. The molecule has 0 radical (unpaired) electrons. The SMILES string of the molecule is CC(=O)C1CNc2ccc(Br)cc21. The summed E-state index contributed by atoms with van der Waals surface area (Å²) in [6.45, 7) is 2.38. The Morgan fingerprint density at radius 2 is 2.38 bits per heavy atom. The van der Waals surface area contributed by atoms with E-state index in [-0.39, 0.29) is 11.7 Å². The third kappa shape index (κ3) is 1.48. The van der Waals surface area contributed by atoms with E-state index in [0.717, 1.165) is 22.3 Å². The predicted molar refractivity (Wildman–Crippen MR) is 56.1 cm³/mol. The zero-order valence-corrected chi connectivity index (χ0v) is 8.89. The number of carbonyl (C=O) groups excluding carboxylic acids is 1. The van der Waals surface area contributed by atoms with E-state index in [9.17, 15) is 4.79 Å². The van der Waals surface area contributed by atoms with Crippen LogP contribution in [0.1, 0.15) is 18.4 Å². The van der Waals surface area contributed by atoms with Crippen LogP contribution >= 0.6 is 15.9 Å². The van der Waals surface area contributed by atoms with E-state index in [0.29, 0.717) is 0 Å². The smallest absolute Gasteiger partial charge is 0.139 e. The highest BCUT2D eigenvalue weighted by atomic mass is 79.9. The van der Waals surface area contributed by atoms with E-state index in [1.807, 2.05) is 18.2 Å². The van der Waals surface area contributed by atoms with Crippen LogP contribution < -0.4 is 5.32 Å². The molecule has 1 heterocycles. The fourth-order valence-corrected chi connectivity index (χ4v) is 2.05. The van der Waals surface area contributed by atoms with Crippen LogP contribution in [0.25, 0.3) is 0 Å². The summed E-state index contributed by atoms with van der Waals surface area (Å²) in [5.41, 5.74) is 2.20. The van der Waals surface area contributed by atoms with E-state index in [2.05, 4.69) is 21.2 Å². The van der Waals surface area contributed by atoms with Gasteiger partial charge in [-0.3, -0.25) is 4.79 Å². The Morgan fingerprint density at radius 3 is 3.08 bits per heavy atom. The van der Waals surface area contributed by atoms with Crippen LogP contribution in [0.15, 0.2) is 22.7 Å². The summed E-state index contributed by atoms with van der Waals surface area (Å²) in [4.78, 5) is 11.3. The van der Waals surface area contributed by atoms with E-state index in [1.54, 1.807) is 6.92 Å². The molecule has 2 rings (SSSR count). The molecule has 3 heteroatoms. The Labute approximate surface area is 85.5 Å². The van der Waals surface area contributed by atoms with Gasteiger partial charge in [-0.2, -0.15) is 0 Å². The van der Waals surface area contributed by atoms with Crippen molar-refractivity contribution >= 4 is 27.4 Å². The molecule has 0 saturated heterocycles. The number of anilines is 1. The van der Waals surface area contributed by atoms with Gasteiger partial charge in [-0.25, -0.2) is 0 Å². The van der Waals surface area contributed by atoms with Crippen LogP contribution in [-0.4, -0.2) is 12.3 Å². The van der Waals surface area contributed by atoms with Crippen molar-refractivity contribution in [2.24, 2.45) is 0 Å². The average molecular weight is 240 g/mol. The topological polar surface area (TPSA) is 29.1 Å². The third-order valence-corrected chi connectivity index (χ3v) is 2.87. The lowest BCUT2D eigenvalue weighted by Gasteiger charge is -2.04. The van der Waals surface area contributed by atoms with Crippen LogP contribution in [0.4, 0.5) is 5.69 Å². The van der Waals surface area contributed by atoms with Crippen LogP contribution in [0, 0.1) is 0 Å². The van der Waals surface area contributed by atoms with Crippen molar-refractivity contribution in [2.45, 2.75) is 12.8 Å². The number of fused-ring (bicyclic) bond motifs is 1. The summed E-state index contributed by atoms with van der Waals surface area (Å²) in [5.74, 6) is 0.261. The van der Waals surface area contributed by atoms with Gasteiger partial charge in [-0.15, -0.1) is 0 Å². The first-order valence-electron chi connectivity index (χ1n) is 4.22. The number of hydrogen-bond donors (Lipinski definition) is 1. The quantitative estimate of drug-likeness (QED) is 0.817. The molecule has 0 fully saturated rings. The van der Waals surface area contributed by atoms with Crippen molar-refractivity contribution in [3.8, 4) is 0 Å². The fourth-order valence-electron chi connectivity index (χ4n) is 1.67. The van der Waals surface area contributed by atoms with Crippen molar-refractivity contribution in [3.05, 3.63) is 28.2 Å². The molecule has 1 aromatic rings. The Morgan fingerprint density at radius 1 is 1.62 bits per heavy atom. The van der Waals surface area contributed by atoms with Crippen molar-refractivity contribution in [2.75, 3.05) is 11.9 Å². The molecule has 1 N–H and O–H groups in total.